The molecular weight excluding hydrogens is 242 g/mol. The van der Waals surface area contributed by atoms with E-state index in [2.05, 4.69) is 11.4 Å². The second-order valence-corrected chi connectivity index (χ2v) is 5.49. The maximum atomic E-state index is 12.4. The Labute approximate surface area is 112 Å². The molecule has 0 spiro atoms. The second kappa shape index (κ2) is 4.94. The predicted octanol–water partition coefficient (Wildman–Crippen LogP) is 1.06. The van der Waals surface area contributed by atoms with E-state index in [1.807, 2.05) is 12.1 Å². The fourth-order valence-electron chi connectivity index (χ4n) is 3.01. The third-order valence-electron chi connectivity index (χ3n) is 4.18. The van der Waals surface area contributed by atoms with E-state index in [-0.39, 0.29) is 12.5 Å². The maximum absolute atomic E-state index is 12.4. The largest absolute Gasteiger partial charge is 0.394 e. The Kier molecular flexibility index (Phi) is 3.29. The Morgan fingerprint density at radius 2 is 2.32 bits per heavy atom. The van der Waals surface area contributed by atoms with Crippen LogP contribution in [-0.4, -0.2) is 36.4 Å². The van der Waals surface area contributed by atoms with E-state index < -0.39 is 5.54 Å². The SMILES string of the molecule is O=C(N[C@]1(CO)CCOC1)c1cccc2c1CCC2. The average Bonchev–Trinajstić information content (AvgIpc) is 3.06. The summed E-state index contributed by atoms with van der Waals surface area (Å²) in [4.78, 5) is 12.4. The Bertz CT molecular complexity index is 492. The van der Waals surface area contributed by atoms with Crippen LogP contribution in [0.3, 0.4) is 0 Å². The van der Waals surface area contributed by atoms with Crippen molar-refractivity contribution >= 4 is 5.91 Å². The van der Waals surface area contributed by atoms with Crippen LogP contribution in [0.15, 0.2) is 18.2 Å². The van der Waals surface area contributed by atoms with Gasteiger partial charge in [0.1, 0.15) is 0 Å². The van der Waals surface area contributed by atoms with E-state index in [9.17, 15) is 9.90 Å². The second-order valence-electron chi connectivity index (χ2n) is 5.49. The van der Waals surface area contributed by atoms with Crippen molar-refractivity contribution in [2.75, 3.05) is 19.8 Å². The van der Waals surface area contributed by atoms with Gasteiger partial charge in [0.05, 0.1) is 18.8 Å². The summed E-state index contributed by atoms with van der Waals surface area (Å²) in [6.07, 6.45) is 3.82. The van der Waals surface area contributed by atoms with Crippen LogP contribution in [0.4, 0.5) is 0 Å². The summed E-state index contributed by atoms with van der Waals surface area (Å²) in [6, 6.07) is 5.91. The molecule has 1 saturated heterocycles. The fourth-order valence-corrected chi connectivity index (χ4v) is 3.01. The van der Waals surface area contributed by atoms with Gasteiger partial charge in [-0.05, 0) is 42.9 Å². The normalized spacial score (nSPS) is 25.3. The smallest absolute Gasteiger partial charge is 0.252 e. The number of carbonyl (C=O) groups is 1. The molecule has 19 heavy (non-hydrogen) atoms. The highest BCUT2D eigenvalue weighted by molar-refractivity contribution is 5.96. The van der Waals surface area contributed by atoms with Gasteiger partial charge in [0.15, 0.2) is 0 Å². The number of rotatable bonds is 3. The molecule has 2 N–H and O–H groups in total. The molecule has 1 fully saturated rings. The number of hydrogen-bond acceptors (Lipinski definition) is 3. The number of fused-ring (bicyclic) bond motifs is 1. The molecule has 0 saturated carbocycles. The third-order valence-corrected chi connectivity index (χ3v) is 4.18. The van der Waals surface area contributed by atoms with Gasteiger partial charge in [0.25, 0.3) is 5.91 Å². The molecule has 1 aliphatic heterocycles. The van der Waals surface area contributed by atoms with Crippen LogP contribution in [0.1, 0.15) is 34.3 Å². The van der Waals surface area contributed by atoms with Crippen LogP contribution in [0.2, 0.25) is 0 Å². The molecule has 1 aromatic rings. The Hall–Kier alpha value is -1.39. The van der Waals surface area contributed by atoms with Crippen LogP contribution in [0, 0.1) is 0 Å². The van der Waals surface area contributed by atoms with Crippen LogP contribution in [-0.2, 0) is 17.6 Å². The fraction of sp³-hybridized carbons (Fsp3) is 0.533. The first-order chi connectivity index (χ1) is 9.24. The van der Waals surface area contributed by atoms with Gasteiger partial charge in [-0.15, -0.1) is 0 Å². The summed E-state index contributed by atoms with van der Waals surface area (Å²) >= 11 is 0. The highest BCUT2D eigenvalue weighted by Gasteiger charge is 2.36. The molecule has 0 bridgehead atoms. The van der Waals surface area contributed by atoms with E-state index in [1.54, 1.807) is 0 Å². The number of aryl methyl sites for hydroxylation is 1. The average molecular weight is 261 g/mol. The monoisotopic (exact) mass is 261 g/mol. The summed E-state index contributed by atoms with van der Waals surface area (Å²) in [6.45, 7) is 0.908. The third kappa shape index (κ3) is 2.26. The lowest BCUT2D eigenvalue weighted by Gasteiger charge is -2.26. The summed E-state index contributed by atoms with van der Waals surface area (Å²) in [5, 5.41) is 12.5. The molecule has 1 aliphatic carbocycles. The molecule has 0 unspecified atom stereocenters. The molecule has 1 heterocycles. The van der Waals surface area contributed by atoms with E-state index in [4.69, 9.17) is 4.74 Å². The van der Waals surface area contributed by atoms with Crippen molar-refractivity contribution in [2.24, 2.45) is 0 Å². The minimum atomic E-state index is -0.599. The van der Waals surface area contributed by atoms with E-state index >= 15 is 0 Å². The number of aliphatic hydroxyl groups excluding tert-OH is 1. The number of hydrogen-bond donors (Lipinski definition) is 2. The molecule has 3 rings (SSSR count). The van der Waals surface area contributed by atoms with Gasteiger partial charge < -0.3 is 15.2 Å². The Morgan fingerprint density at radius 3 is 3.05 bits per heavy atom. The van der Waals surface area contributed by atoms with Crippen molar-refractivity contribution < 1.29 is 14.6 Å². The first-order valence-electron chi connectivity index (χ1n) is 6.86. The lowest BCUT2D eigenvalue weighted by molar-refractivity contribution is 0.0788. The minimum Gasteiger partial charge on any atom is -0.394 e. The van der Waals surface area contributed by atoms with Gasteiger partial charge in [-0.1, -0.05) is 12.1 Å². The van der Waals surface area contributed by atoms with Gasteiger partial charge in [0.2, 0.25) is 0 Å². The van der Waals surface area contributed by atoms with Crippen molar-refractivity contribution in [1.29, 1.82) is 0 Å². The standard InChI is InChI=1S/C15H19NO3/c17-9-15(7-8-19-10-15)16-14(18)13-6-2-4-11-3-1-5-12(11)13/h2,4,6,17H,1,3,5,7-10H2,(H,16,18)/t15-/m0/s1. The van der Waals surface area contributed by atoms with E-state index in [0.717, 1.165) is 24.8 Å². The van der Waals surface area contributed by atoms with Crippen molar-refractivity contribution in [3.8, 4) is 0 Å². The van der Waals surface area contributed by atoms with Gasteiger partial charge in [-0.3, -0.25) is 4.79 Å². The highest BCUT2D eigenvalue weighted by atomic mass is 16.5. The topological polar surface area (TPSA) is 58.6 Å². The number of amides is 1. The molecule has 2 aliphatic rings. The number of carbonyl (C=O) groups excluding carboxylic acids is 1. The number of ether oxygens (including phenoxy) is 1. The summed E-state index contributed by atoms with van der Waals surface area (Å²) < 4.78 is 5.31. The molecule has 102 valence electrons. The summed E-state index contributed by atoms with van der Waals surface area (Å²) in [5.41, 5.74) is 2.62. The molecule has 1 aromatic carbocycles. The molecule has 0 aromatic heterocycles. The molecule has 0 radical (unpaired) electrons. The van der Waals surface area contributed by atoms with Gasteiger partial charge >= 0.3 is 0 Å². The van der Waals surface area contributed by atoms with Crippen molar-refractivity contribution in [3.05, 3.63) is 34.9 Å². The van der Waals surface area contributed by atoms with Gasteiger partial charge in [-0.25, -0.2) is 0 Å². The van der Waals surface area contributed by atoms with Crippen molar-refractivity contribution in [1.82, 2.24) is 5.32 Å². The lowest BCUT2D eigenvalue weighted by Crippen LogP contribution is -2.52. The van der Waals surface area contributed by atoms with Crippen LogP contribution < -0.4 is 5.32 Å². The first-order valence-corrected chi connectivity index (χ1v) is 6.86. The zero-order chi connectivity index (χ0) is 13.3. The molecule has 1 amide bonds. The highest BCUT2D eigenvalue weighted by Crippen LogP contribution is 2.26. The van der Waals surface area contributed by atoms with Crippen LogP contribution in [0.5, 0.6) is 0 Å². The van der Waals surface area contributed by atoms with Crippen molar-refractivity contribution in [2.45, 2.75) is 31.2 Å². The van der Waals surface area contributed by atoms with Gasteiger partial charge in [0, 0.05) is 12.2 Å². The van der Waals surface area contributed by atoms with Crippen LogP contribution in [0.25, 0.3) is 0 Å². The quantitative estimate of drug-likeness (QED) is 0.855. The molecule has 4 heteroatoms. The molecule has 4 nitrogen and oxygen atoms in total. The van der Waals surface area contributed by atoms with Gasteiger partial charge in [-0.2, -0.15) is 0 Å². The van der Waals surface area contributed by atoms with E-state index in [1.165, 1.54) is 11.1 Å². The molecular formula is C15H19NO3. The Morgan fingerprint density at radius 1 is 1.42 bits per heavy atom. The number of benzene rings is 1. The Balaban J connectivity index is 1.83. The molecule has 1 atom stereocenters. The zero-order valence-corrected chi connectivity index (χ0v) is 10.9. The summed E-state index contributed by atoms with van der Waals surface area (Å²) in [5.74, 6) is -0.0849. The lowest BCUT2D eigenvalue weighted by atomic mass is 9.97. The summed E-state index contributed by atoms with van der Waals surface area (Å²) in [7, 11) is 0. The number of aliphatic hydroxyl groups is 1. The van der Waals surface area contributed by atoms with Crippen LogP contribution >= 0.6 is 0 Å². The van der Waals surface area contributed by atoms with E-state index in [0.29, 0.717) is 19.6 Å². The zero-order valence-electron chi connectivity index (χ0n) is 10.9. The maximum Gasteiger partial charge on any atom is 0.252 e. The minimum absolute atomic E-state index is 0.0756. The van der Waals surface area contributed by atoms with Crippen molar-refractivity contribution in [3.63, 3.8) is 0 Å². The predicted molar refractivity (Wildman–Crippen MR) is 71.2 cm³/mol. The number of nitrogens with one attached hydrogen (secondary N) is 1. The first kappa shape index (κ1) is 12.6.